The number of benzene rings is 1. The molecule has 0 spiro atoms. The zero-order chi connectivity index (χ0) is 11.8. The molecule has 17 heavy (non-hydrogen) atoms. The number of hydrogen-bond acceptors (Lipinski definition) is 3. The van der Waals surface area contributed by atoms with Gasteiger partial charge >= 0.3 is 0 Å². The van der Waals surface area contributed by atoms with E-state index in [9.17, 15) is 0 Å². The summed E-state index contributed by atoms with van der Waals surface area (Å²) in [6.07, 6.45) is 1.81. The standard InChI is InChI=1S/C12H9ClN4/c1-7-4-8-6-14-15-11(8)5-9(7)10-2-3-12(13)17-16-10/h2-6H,1H3,(H,14,15). The van der Waals surface area contributed by atoms with Gasteiger partial charge in [0.2, 0.25) is 0 Å². The van der Waals surface area contributed by atoms with Crippen LogP contribution in [-0.2, 0) is 0 Å². The quantitative estimate of drug-likeness (QED) is 0.716. The van der Waals surface area contributed by atoms with Gasteiger partial charge in [-0.05, 0) is 36.8 Å². The summed E-state index contributed by atoms with van der Waals surface area (Å²) < 4.78 is 0. The van der Waals surface area contributed by atoms with E-state index >= 15 is 0 Å². The first kappa shape index (κ1) is 10.2. The van der Waals surface area contributed by atoms with Crippen molar-refractivity contribution in [3.8, 4) is 11.3 Å². The lowest BCUT2D eigenvalue weighted by molar-refractivity contribution is 1.04. The summed E-state index contributed by atoms with van der Waals surface area (Å²) in [4.78, 5) is 0. The molecule has 0 fully saturated rings. The maximum atomic E-state index is 5.73. The fourth-order valence-corrected chi connectivity index (χ4v) is 1.94. The number of rotatable bonds is 1. The van der Waals surface area contributed by atoms with Crippen LogP contribution in [0.3, 0.4) is 0 Å². The second-order valence-electron chi connectivity index (χ2n) is 3.87. The lowest BCUT2D eigenvalue weighted by Gasteiger charge is -2.04. The second-order valence-corrected chi connectivity index (χ2v) is 4.25. The average Bonchev–Trinajstić information content (AvgIpc) is 2.76. The highest BCUT2D eigenvalue weighted by Gasteiger charge is 2.07. The minimum absolute atomic E-state index is 0.397. The number of aryl methyl sites for hydroxylation is 1. The molecule has 0 atom stereocenters. The van der Waals surface area contributed by atoms with Gasteiger partial charge in [-0.2, -0.15) is 5.10 Å². The van der Waals surface area contributed by atoms with E-state index in [0.29, 0.717) is 5.15 Å². The van der Waals surface area contributed by atoms with Crippen molar-refractivity contribution in [2.45, 2.75) is 6.92 Å². The zero-order valence-electron chi connectivity index (χ0n) is 9.11. The molecule has 1 aromatic carbocycles. The molecule has 4 nitrogen and oxygen atoms in total. The fraction of sp³-hybridized carbons (Fsp3) is 0.0833. The summed E-state index contributed by atoms with van der Waals surface area (Å²) in [5.41, 5.74) is 3.96. The Balaban J connectivity index is 2.21. The van der Waals surface area contributed by atoms with Crippen LogP contribution in [0.15, 0.2) is 30.5 Å². The number of nitrogens with zero attached hydrogens (tertiary/aromatic N) is 3. The number of aromatic nitrogens is 4. The third-order valence-electron chi connectivity index (χ3n) is 2.69. The fourth-order valence-electron chi connectivity index (χ4n) is 1.84. The Kier molecular flexibility index (Phi) is 2.30. The lowest BCUT2D eigenvalue weighted by Crippen LogP contribution is -1.90. The van der Waals surface area contributed by atoms with Crippen molar-refractivity contribution in [1.29, 1.82) is 0 Å². The Bertz CT molecular complexity index is 673. The van der Waals surface area contributed by atoms with Gasteiger partial charge < -0.3 is 0 Å². The Labute approximate surface area is 103 Å². The highest BCUT2D eigenvalue weighted by Crippen LogP contribution is 2.25. The Morgan fingerprint density at radius 1 is 1.18 bits per heavy atom. The van der Waals surface area contributed by atoms with Gasteiger partial charge in [0, 0.05) is 10.9 Å². The van der Waals surface area contributed by atoms with Crippen molar-refractivity contribution in [3.05, 3.63) is 41.2 Å². The predicted octanol–water partition coefficient (Wildman–Crippen LogP) is 2.98. The van der Waals surface area contributed by atoms with Crippen molar-refractivity contribution in [3.63, 3.8) is 0 Å². The highest BCUT2D eigenvalue weighted by molar-refractivity contribution is 6.29. The van der Waals surface area contributed by atoms with Crippen molar-refractivity contribution < 1.29 is 0 Å². The maximum absolute atomic E-state index is 5.73. The molecule has 0 radical (unpaired) electrons. The molecular weight excluding hydrogens is 236 g/mol. The van der Waals surface area contributed by atoms with Gasteiger partial charge in [-0.1, -0.05) is 11.6 Å². The van der Waals surface area contributed by atoms with E-state index < -0.39 is 0 Å². The van der Waals surface area contributed by atoms with Gasteiger partial charge in [-0.25, -0.2) is 0 Å². The number of nitrogens with one attached hydrogen (secondary N) is 1. The molecule has 0 aliphatic rings. The first-order valence-corrected chi connectivity index (χ1v) is 5.55. The van der Waals surface area contributed by atoms with E-state index in [1.54, 1.807) is 12.3 Å². The molecule has 0 aliphatic heterocycles. The molecule has 1 N–H and O–H groups in total. The van der Waals surface area contributed by atoms with E-state index in [0.717, 1.165) is 27.7 Å². The van der Waals surface area contributed by atoms with Crippen molar-refractivity contribution in [2.75, 3.05) is 0 Å². The predicted molar refractivity (Wildman–Crippen MR) is 66.9 cm³/mol. The molecular formula is C12H9ClN4. The van der Waals surface area contributed by atoms with Crippen LogP contribution >= 0.6 is 11.6 Å². The van der Waals surface area contributed by atoms with Crippen LogP contribution in [0.4, 0.5) is 0 Å². The summed E-state index contributed by atoms with van der Waals surface area (Å²) in [5.74, 6) is 0. The molecule has 0 saturated carbocycles. The third kappa shape index (κ3) is 1.76. The number of halogens is 1. The Morgan fingerprint density at radius 3 is 2.82 bits per heavy atom. The minimum Gasteiger partial charge on any atom is -0.278 e. The molecule has 0 amide bonds. The molecule has 84 valence electrons. The van der Waals surface area contributed by atoms with Crippen LogP contribution in [0.1, 0.15) is 5.56 Å². The average molecular weight is 245 g/mol. The van der Waals surface area contributed by atoms with Crippen LogP contribution in [0.5, 0.6) is 0 Å². The first-order valence-electron chi connectivity index (χ1n) is 5.17. The molecule has 0 saturated heterocycles. The van der Waals surface area contributed by atoms with Crippen LogP contribution in [0.2, 0.25) is 5.15 Å². The molecule has 0 aliphatic carbocycles. The van der Waals surface area contributed by atoms with Crippen molar-refractivity contribution in [2.24, 2.45) is 0 Å². The monoisotopic (exact) mass is 244 g/mol. The summed E-state index contributed by atoms with van der Waals surface area (Å²) in [5, 5.41) is 16.4. The van der Waals surface area contributed by atoms with Gasteiger partial charge in [0.25, 0.3) is 0 Å². The van der Waals surface area contributed by atoms with Gasteiger partial charge in [0.1, 0.15) is 0 Å². The summed E-state index contributed by atoms with van der Waals surface area (Å²) in [6, 6.07) is 7.69. The number of H-pyrrole nitrogens is 1. The van der Waals surface area contributed by atoms with E-state index in [4.69, 9.17) is 11.6 Å². The van der Waals surface area contributed by atoms with E-state index in [-0.39, 0.29) is 0 Å². The largest absolute Gasteiger partial charge is 0.278 e. The summed E-state index contributed by atoms with van der Waals surface area (Å²) in [7, 11) is 0. The molecule has 2 aromatic heterocycles. The summed E-state index contributed by atoms with van der Waals surface area (Å²) in [6.45, 7) is 2.04. The molecule has 5 heteroatoms. The van der Waals surface area contributed by atoms with E-state index in [1.165, 1.54) is 0 Å². The van der Waals surface area contributed by atoms with E-state index in [1.807, 2.05) is 19.1 Å². The van der Waals surface area contributed by atoms with Crippen LogP contribution in [-0.4, -0.2) is 20.4 Å². The van der Waals surface area contributed by atoms with Crippen molar-refractivity contribution in [1.82, 2.24) is 20.4 Å². The smallest absolute Gasteiger partial charge is 0.151 e. The van der Waals surface area contributed by atoms with Crippen LogP contribution in [0.25, 0.3) is 22.2 Å². The lowest BCUT2D eigenvalue weighted by atomic mass is 10.0. The number of hydrogen-bond donors (Lipinski definition) is 1. The molecule has 2 heterocycles. The topological polar surface area (TPSA) is 54.5 Å². The Hall–Kier alpha value is -1.94. The SMILES string of the molecule is Cc1cc2cn[nH]c2cc1-c1ccc(Cl)nn1. The molecule has 3 aromatic rings. The van der Waals surface area contributed by atoms with Crippen molar-refractivity contribution >= 4 is 22.5 Å². The molecule has 0 unspecified atom stereocenters. The second kappa shape index (κ2) is 3.82. The number of aromatic amines is 1. The van der Waals surface area contributed by atoms with Crippen LogP contribution in [0, 0.1) is 6.92 Å². The van der Waals surface area contributed by atoms with Crippen LogP contribution < -0.4 is 0 Å². The normalized spacial score (nSPS) is 10.9. The zero-order valence-corrected chi connectivity index (χ0v) is 9.86. The Morgan fingerprint density at radius 2 is 2.06 bits per heavy atom. The number of fused-ring (bicyclic) bond motifs is 1. The molecule has 0 bridgehead atoms. The highest BCUT2D eigenvalue weighted by atomic mass is 35.5. The van der Waals surface area contributed by atoms with Gasteiger partial charge in [0.05, 0.1) is 17.4 Å². The molecule has 3 rings (SSSR count). The first-order chi connectivity index (χ1) is 8.24. The van der Waals surface area contributed by atoms with Gasteiger partial charge in [-0.3, -0.25) is 5.10 Å². The minimum atomic E-state index is 0.397. The maximum Gasteiger partial charge on any atom is 0.151 e. The van der Waals surface area contributed by atoms with Gasteiger partial charge in [0.15, 0.2) is 5.15 Å². The van der Waals surface area contributed by atoms with Gasteiger partial charge in [-0.15, -0.1) is 10.2 Å². The van der Waals surface area contributed by atoms with E-state index in [2.05, 4.69) is 26.5 Å². The third-order valence-corrected chi connectivity index (χ3v) is 2.89. The summed E-state index contributed by atoms with van der Waals surface area (Å²) >= 11 is 5.73.